The minimum atomic E-state index is 0.0808. The van der Waals surface area contributed by atoms with E-state index in [0.717, 1.165) is 34.5 Å². The number of thioether (sulfide) groups is 8. The second-order valence-corrected chi connectivity index (χ2v) is 17.4. The molecule has 0 saturated carbocycles. The maximum Gasteiger partial charge on any atom is 0.211 e. The molecule has 0 amide bonds. The number of hydrogen-bond acceptors (Lipinski definition) is 11. The quantitative estimate of drug-likeness (QED) is 0.186. The maximum absolute atomic E-state index is 11.4. The molecule has 2 aliphatic heterocycles. The predicted molar refractivity (Wildman–Crippen MR) is 156 cm³/mol. The van der Waals surface area contributed by atoms with Crippen molar-refractivity contribution in [1.82, 2.24) is 0 Å². The summed E-state index contributed by atoms with van der Waals surface area (Å²) in [5, 5.41) is 5.84. The van der Waals surface area contributed by atoms with E-state index in [1.54, 1.807) is 11.3 Å². The molecule has 0 aliphatic carbocycles. The van der Waals surface area contributed by atoms with Crippen molar-refractivity contribution in [3.63, 3.8) is 0 Å². The van der Waals surface area contributed by atoms with Gasteiger partial charge < -0.3 is 0 Å². The third kappa shape index (κ3) is 9.47. The Morgan fingerprint density at radius 1 is 0.839 bits per heavy atom. The standard InChI is InChI=1S/C20H24O2S9/c1-3-17(21)26-5-13-7-28-19(30-13)11-24-15-9-23-10-16(15)25-12-20-29-8-14(31-20)6-27-18(22)4-2/h3-4,9-10,13-14,19-20H,1-2,5-8,11-12H2. The van der Waals surface area contributed by atoms with Crippen LogP contribution in [0.25, 0.3) is 0 Å². The van der Waals surface area contributed by atoms with Crippen molar-refractivity contribution in [3.05, 3.63) is 36.1 Å². The highest BCUT2D eigenvalue weighted by molar-refractivity contribution is 8.23. The Morgan fingerprint density at radius 3 is 1.71 bits per heavy atom. The Morgan fingerprint density at radius 2 is 1.29 bits per heavy atom. The lowest BCUT2D eigenvalue weighted by Gasteiger charge is -2.11. The van der Waals surface area contributed by atoms with Crippen LogP contribution < -0.4 is 0 Å². The molecule has 0 radical (unpaired) electrons. The lowest BCUT2D eigenvalue weighted by Crippen LogP contribution is -2.07. The van der Waals surface area contributed by atoms with Crippen LogP contribution in [-0.2, 0) is 9.59 Å². The van der Waals surface area contributed by atoms with Gasteiger partial charge in [-0.3, -0.25) is 9.59 Å². The molecule has 2 saturated heterocycles. The van der Waals surface area contributed by atoms with Gasteiger partial charge in [-0.2, -0.15) is 11.3 Å². The highest BCUT2D eigenvalue weighted by Crippen LogP contribution is 2.46. The van der Waals surface area contributed by atoms with Crippen LogP contribution in [0.2, 0.25) is 0 Å². The van der Waals surface area contributed by atoms with Crippen molar-refractivity contribution in [2.24, 2.45) is 0 Å². The molecule has 4 unspecified atom stereocenters. The Hall–Kier alpha value is 1.32. The van der Waals surface area contributed by atoms with E-state index in [1.807, 2.05) is 70.6 Å². The molecule has 0 aromatic carbocycles. The van der Waals surface area contributed by atoms with Crippen molar-refractivity contribution < 1.29 is 9.59 Å². The van der Waals surface area contributed by atoms with E-state index in [1.165, 1.54) is 45.5 Å². The van der Waals surface area contributed by atoms with Crippen LogP contribution in [-0.4, -0.2) is 64.4 Å². The molecule has 11 heteroatoms. The van der Waals surface area contributed by atoms with Crippen LogP contribution in [0.3, 0.4) is 0 Å². The molecule has 2 nitrogen and oxygen atoms in total. The topological polar surface area (TPSA) is 34.1 Å². The minimum Gasteiger partial charge on any atom is -0.282 e. The molecule has 0 N–H and O–H groups in total. The second-order valence-electron chi connectivity index (χ2n) is 6.43. The van der Waals surface area contributed by atoms with E-state index < -0.39 is 0 Å². The molecular weight excluding hydrogens is 561 g/mol. The molecule has 0 bridgehead atoms. The lowest BCUT2D eigenvalue weighted by molar-refractivity contribution is -0.107. The Balaban J connectivity index is 1.35. The fourth-order valence-electron chi connectivity index (χ4n) is 2.63. The van der Waals surface area contributed by atoms with E-state index in [4.69, 9.17) is 0 Å². The van der Waals surface area contributed by atoms with Gasteiger partial charge in [0.2, 0.25) is 10.2 Å². The van der Waals surface area contributed by atoms with Crippen molar-refractivity contribution >= 4 is 116 Å². The van der Waals surface area contributed by atoms with Crippen LogP contribution in [0.15, 0.2) is 45.9 Å². The van der Waals surface area contributed by atoms with Gasteiger partial charge in [0.05, 0.1) is 9.16 Å². The van der Waals surface area contributed by atoms with Gasteiger partial charge in [0.25, 0.3) is 0 Å². The first kappa shape index (κ1) is 26.9. The first-order valence-electron chi connectivity index (χ1n) is 9.51. The fourth-order valence-corrected chi connectivity index (χ4v) is 15.4. The molecule has 3 heterocycles. The Labute approximate surface area is 223 Å². The zero-order valence-corrected chi connectivity index (χ0v) is 24.1. The van der Waals surface area contributed by atoms with Gasteiger partial charge in [-0.1, -0.05) is 36.7 Å². The number of rotatable bonds is 12. The van der Waals surface area contributed by atoms with Crippen LogP contribution in [0.1, 0.15) is 0 Å². The highest BCUT2D eigenvalue weighted by atomic mass is 32.2. The third-order valence-corrected chi connectivity index (χ3v) is 17.4. The molecule has 2 aliphatic rings. The van der Waals surface area contributed by atoms with Crippen molar-refractivity contribution in [1.29, 1.82) is 0 Å². The minimum absolute atomic E-state index is 0.0808. The average molecular weight is 585 g/mol. The average Bonchev–Trinajstić information content (AvgIpc) is 3.53. The summed E-state index contributed by atoms with van der Waals surface area (Å²) in [6.07, 6.45) is 2.82. The number of carbonyl (C=O) groups is 2. The summed E-state index contributed by atoms with van der Waals surface area (Å²) in [4.78, 5) is 25.7. The summed E-state index contributed by atoms with van der Waals surface area (Å²) < 4.78 is 1.20. The zero-order chi connectivity index (χ0) is 22.1. The highest BCUT2D eigenvalue weighted by Gasteiger charge is 2.28. The van der Waals surface area contributed by atoms with Crippen molar-refractivity contribution in [2.45, 2.75) is 29.5 Å². The third-order valence-electron chi connectivity index (χ3n) is 4.12. The van der Waals surface area contributed by atoms with Gasteiger partial charge in [0.1, 0.15) is 0 Å². The summed E-state index contributed by atoms with van der Waals surface area (Å²) in [7, 11) is 0. The largest absolute Gasteiger partial charge is 0.282 e. The van der Waals surface area contributed by atoms with Gasteiger partial charge in [-0.25, -0.2) is 0 Å². The number of carbonyl (C=O) groups excluding carboxylic acids is 2. The molecule has 3 rings (SSSR count). The first-order chi connectivity index (χ1) is 15.1. The summed E-state index contributed by atoms with van der Waals surface area (Å²) in [6.45, 7) is 7.09. The van der Waals surface area contributed by atoms with Gasteiger partial charge in [-0.15, -0.1) is 70.6 Å². The number of hydrogen-bond donors (Lipinski definition) is 0. The van der Waals surface area contributed by atoms with Crippen LogP contribution in [0.5, 0.6) is 0 Å². The summed E-state index contributed by atoms with van der Waals surface area (Å²) in [5.74, 6) is 6.26. The fraction of sp³-hybridized carbons (Fsp3) is 0.500. The molecule has 2 fully saturated rings. The summed E-state index contributed by atoms with van der Waals surface area (Å²) >= 11 is 16.6. The molecular formula is C20H24O2S9. The molecule has 0 spiro atoms. The predicted octanol–water partition coefficient (Wildman–Crippen LogP) is 7.17. The first-order valence-corrected chi connectivity index (χ1v) is 18.4. The van der Waals surface area contributed by atoms with Crippen molar-refractivity contribution in [3.8, 4) is 0 Å². The SMILES string of the molecule is C=CC(=O)SCC1CSC(CSc2cscc2SCC2SCC(CSC(=O)C=C)S2)S1. The molecule has 4 atom stereocenters. The maximum atomic E-state index is 11.4. The van der Waals surface area contributed by atoms with Gasteiger partial charge in [0, 0.05) is 65.6 Å². The monoisotopic (exact) mass is 584 g/mol. The Bertz CT molecular complexity index is 705. The summed E-state index contributed by atoms with van der Waals surface area (Å²) in [6, 6.07) is 0. The zero-order valence-electron chi connectivity index (χ0n) is 16.8. The van der Waals surface area contributed by atoms with E-state index in [2.05, 4.69) is 23.9 Å². The summed E-state index contributed by atoms with van der Waals surface area (Å²) in [5.41, 5.74) is 0. The smallest absolute Gasteiger partial charge is 0.211 e. The molecule has 1 aromatic rings. The van der Waals surface area contributed by atoms with E-state index in [0.29, 0.717) is 19.7 Å². The molecule has 170 valence electrons. The van der Waals surface area contributed by atoms with Gasteiger partial charge >= 0.3 is 0 Å². The van der Waals surface area contributed by atoms with E-state index >= 15 is 0 Å². The second kappa shape index (κ2) is 14.7. The van der Waals surface area contributed by atoms with E-state index in [9.17, 15) is 9.59 Å². The van der Waals surface area contributed by atoms with Gasteiger partial charge in [0.15, 0.2) is 0 Å². The molecule has 31 heavy (non-hydrogen) atoms. The van der Waals surface area contributed by atoms with E-state index in [-0.39, 0.29) is 10.2 Å². The molecule has 1 aromatic heterocycles. The Kier molecular flexibility index (Phi) is 12.7. The normalized spacial score (nSPS) is 25.5. The lowest BCUT2D eigenvalue weighted by atomic mass is 10.5. The van der Waals surface area contributed by atoms with Crippen LogP contribution >= 0.6 is 105 Å². The van der Waals surface area contributed by atoms with Crippen LogP contribution in [0.4, 0.5) is 0 Å². The van der Waals surface area contributed by atoms with Crippen LogP contribution in [0, 0.1) is 0 Å². The van der Waals surface area contributed by atoms with Gasteiger partial charge in [-0.05, 0) is 12.2 Å². The van der Waals surface area contributed by atoms with Crippen molar-refractivity contribution in [2.75, 3.05) is 34.5 Å². The number of thiophene rings is 1.